The first-order valence-electron chi connectivity index (χ1n) is 6.40. The Bertz CT molecular complexity index is 484. The van der Waals surface area contributed by atoms with E-state index in [1.54, 1.807) is 6.92 Å². The molecule has 1 saturated carbocycles. The summed E-state index contributed by atoms with van der Waals surface area (Å²) in [6.07, 6.45) is 3.83. The molecule has 0 unspecified atom stereocenters. The van der Waals surface area contributed by atoms with Crippen molar-refractivity contribution < 1.29 is 9.53 Å². The van der Waals surface area contributed by atoms with Gasteiger partial charge in [-0.3, -0.25) is 4.79 Å². The average Bonchev–Trinajstić information content (AvgIpc) is 3.15. The molecule has 3 nitrogen and oxygen atoms in total. The fraction of sp³-hybridized carbons (Fsp3) is 0.467. The van der Waals surface area contributed by atoms with Crippen LogP contribution in [0.5, 0.6) is 0 Å². The minimum Gasteiger partial charge on any atom is -0.466 e. The zero-order valence-corrected chi connectivity index (χ0v) is 10.6. The first kappa shape index (κ1) is 12.6. The van der Waals surface area contributed by atoms with E-state index in [4.69, 9.17) is 10.00 Å². The Labute approximate surface area is 107 Å². The molecule has 94 valence electrons. The normalized spacial score (nSPS) is 14.0. The zero-order chi connectivity index (χ0) is 13.0. The Morgan fingerprint density at radius 1 is 1.50 bits per heavy atom. The summed E-state index contributed by atoms with van der Waals surface area (Å²) in [5, 5.41) is 9.13. The lowest BCUT2D eigenvalue weighted by atomic mass is 9.99. The van der Waals surface area contributed by atoms with Gasteiger partial charge in [-0.2, -0.15) is 5.26 Å². The van der Waals surface area contributed by atoms with Crippen LogP contribution in [0.3, 0.4) is 0 Å². The number of carbonyl (C=O) groups excluding carboxylic acids is 1. The first-order valence-corrected chi connectivity index (χ1v) is 6.40. The summed E-state index contributed by atoms with van der Waals surface area (Å²) >= 11 is 0. The van der Waals surface area contributed by atoms with Crippen LogP contribution < -0.4 is 0 Å². The summed E-state index contributed by atoms with van der Waals surface area (Å²) in [4.78, 5) is 11.4. The Balaban J connectivity index is 2.09. The Hall–Kier alpha value is -1.82. The minimum atomic E-state index is -0.274. The molecule has 0 aliphatic heterocycles. The van der Waals surface area contributed by atoms with E-state index < -0.39 is 0 Å². The van der Waals surface area contributed by atoms with Crippen LogP contribution >= 0.6 is 0 Å². The molecule has 0 atom stereocenters. The molecule has 2 rings (SSSR count). The third-order valence-corrected chi connectivity index (χ3v) is 3.16. The minimum absolute atomic E-state index is 0.181. The SMILES string of the molecule is CCOC(=O)Cc1ccc(CC2CC2)cc1C#N. The highest BCUT2D eigenvalue weighted by atomic mass is 16.5. The third kappa shape index (κ3) is 3.33. The quantitative estimate of drug-likeness (QED) is 0.747. The maximum absolute atomic E-state index is 11.4. The van der Waals surface area contributed by atoms with E-state index in [1.807, 2.05) is 18.2 Å². The Morgan fingerprint density at radius 3 is 2.89 bits per heavy atom. The van der Waals surface area contributed by atoms with Crippen molar-refractivity contribution in [2.75, 3.05) is 6.61 Å². The molecule has 0 saturated heterocycles. The van der Waals surface area contributed by atoms with Crippen LogP contribution in [0.1, 0.15) is 36.5 Å². The molecular formula is C15H17NO2. The lowest BCUT2D eigenvalue weighted by molar-refractivity contribution is -0.142. The number of nitrogens with zero attached hydrogens (tertiary/aromatic N) is 1. The van der Waals surface area contributed by atoms with Crippen molar-refractivity contribution in [3.05, 3.63) is 34.9 Å². The van der Waals surface area contributed by atoms with Crippen LogP contribution in [0.4, 0.5) is 0 Å². The van der Waals surface area contributed by atoms with Gasteiger partial charge < -0.3 is 4.74 Å². The molecule has 1 aliphatic carbocycles. The largest absolute Gasteiger partial charge is 0.466 e. The summed E-state index contributed by atoms with van der Waals surface area (Å²) < 4.78 is 4.90. The molecule has 1 aromatic rings. The maximum atomic E-state index is 11.4. The number of esters is 1. The van der Waals surface area contributed by atoms with Gasteiger partial charge in [-0.15, -0.1) is 0 Å². The van der Waals surface area contributed by atoms with E-state index in [2.05, 4.69) is 6.07 Å². The van der Waals surface area contributed by atoms with Crippen LogP contribution in [-0.2, 0) is 22.4 Å². The van der Waals surface area contributed by atoms with Crippen molar-refractivity contribution >= 4 is 5.97 Å². The van der Waals surface area contributed by atoms with Crippen molar-refractivity contribution in [1.82, 2.24) is 0 Å². The monoisotopic (exact) mass is 243 g/mol. The van der Waals surface area contributed by atoms with E-state index in [1.165, 1.54) is 18.4 Å². The second kappa shape index (κ2) is 5.68. The van der Waals surface area contributed by atoms with Crippen LogP contribution in [0.25, 0.3) is 0 Å². The molecule has 1 fully saturated rings. The highest BCUT2D eigenvalue weighted by molar-refractivity contribution is 5.73. The summed E-state index contributed by atoms with van der Waals surface area (Å²) in [5.74, 6) is 0.524. The highest BCUT2D eigenvalue weighted by Gasteiger charge is 2.21. The maximum Gasteiger partial charge on any atom is 0.310 e. The number of hydrogen-bond acceptors (Lipinski definition) is 3. The van der Waals surface area contributed by atoms with Crippen molar-refractivity contribution in [2.45, 2.75) is 32.6 Å². The third-order valence-electron chi connectivity index (χ3n) is 3.16. The molecule has 0 aromatic heterocycles. The summed E-state index contributed by atoms with van der Waals surface area (Å²) in [7, 11) is 0. The van der Waals surface area contributed by atoms with Crippen LogP contribution in [0.15, 0.2) is 18.2 Å². The number of ether oxygens (including phenoxy) is 1. The van der Waals surface area contributed by atoms with Gasteiger partial charge in [0.1, 0.15) is 0 Å². The Morgan fingerprint density at radius 2 is 2.28 bits per heavy atom. The highest BCUT2D eigenvalue weighted by Crippen LogP contribution is 2.32. The van der Waals surface area contributed by atoms with Gasteiger partial charge in [-0.1, -0.05) is 12.1 Å². The van der Waals surface area contributed by atoms with Crippen molar-refractivity contribution in [3.63, 3.8) is 0 Å². The number of carbonyl (C=O) groups is 1. The van der Waals surface area contributed by atoms with Crippen LogP contribution in [-0.4, -0.2) is 12.6 Å². The van der Waals surface area contributed by atoms with E-state index in [0.29, 0.717) is 12.2 Å². The van der Waals surface area contributed by atoms with E-state index in [0.717, 1.165) is 17.9 Å². The zero-order valence-electron chi connectivity index (χ0n) is 10.6. The lowest BCUT2D eigenvalue weighted by Crippen LogP contribution is -2.09. The summed E-state index contributed by atoms with van der Waals surface area (Å²) in [6, 6.07) is 7.98. The van der Waals surface area contributed by atoms with Gasteiger partial charge in [0, 0.05) is 0 Å². The van der Waals surface area contributed by atoms with Gasteiger partial charge in [0.25, 0.3) is 0 Å². The molecule has 0 spiro atoms. The van der Waals surface area contributed by atoms with Gasteiger partial charge in [0.2, 0.25) is 0 Å². The van der Waals surface area contributed by atoms with Gasteiger partial charge >= 0.3 is 5.97 Å². The van der Waals surface area contributed by atoms with Gasteiger partial charge in [-0.05, 0) is 49.3 Å². The van der Waals surface area contributed by atoms with Gasteiger partial charge in [-0.25, -0.2) is 0 Å². The molecule has 0 N–H and O–H groups in total. The fourth-order valence-corrected chi connectivity index (χ4v) is 2.03. The average molecular weight is 243 g/mol. The molecule has 0 bridgehead atoms. The van der Waals surface area contributed by atoms with Crippen molar-refractivity contribution in [1.29, 1.82) is 5.26 Å². The summed E-state index contributed by atoms with van der Waals surface area (Å²) in [5.41, 5.74) is 2.55. The number of hydrogen-bond donors (Lipinski definition) is 0. The summed E-state index contributed by atoms with van der Waals surface area (Å²) in [6.45, 7) is 2.16. The topological polar surface area (TPSA) is 50.1 Å². The van der Waals surface area contributed by atoms with Crippen molar-refractivity contribution in [2.24, 2.45) is 5.92 Å². The number of benzene rings is 1. The Kier molecular flexibility index (Phi) is 3.99. The lowest BCUT2D eigenvalue weighted by Gasteiger charge is -2.06. The van der Waals surface area contributed by atoms with E-state index in [9.17, 15) is 4.79 Å². The van der Waals surface area contributed by atoms with Gasteiger partial charge in [0.05, 0.1) is 24.7 Å². The second-order valence-electron chi connectivity index (χ2n) is 4.73. The molecule has 18 heavy (non-hydrogen) atoms. The van der Waals surface area contributed by atoms with E-state index in [-0.39, 0.29) is 12.4 Å². The van der Waals surface area contributed by atoms with Crippen molar-refractivity contribution in [3.8, 4) is 6.07 Å². The molecule has 0 amide bonds. The molecule has 1 aliphatic rings. The standard InChI is InChI=1S/C15H17NO2/c1-2-18-15(17)9-13-6-5-12(7-11-3-4-11)8-14(13)10-16/h5-6,8,11H,2-4,7,9H2,1H3. The molecule has 1 aromatic carbocycles. The first-order chi connectivity index (χ1) is 8.72. The van der Waals surface area contributed by atoms with Crippen LogP contribution in [0.2, 0.25) is 0 Å². The molecule has 3 heteroatoms. The second-order valence-corrected chi connectivity index (χ2v) is 4.73. The predicted octanol–water partition coefficient (Wildman–Crippen LogP) is 2.62. The molecular weight excluding hydrogens is 226 g/mol. The smallest absolute Gasteiger partial charge is 0.310 e. The number of rotatable bonds is 5. The van der Waals surface area contributed by atoms with Crippen LogP contribution in [0, 0.1) is 17.2 Å². The van der Waals surface area contributed by atoms with E-state index >= 15 is 0 Å². The molecule has 0 radical (unpaired) electrons. The predicted molar refractivity (Wildman–Crippen MR) is 67.9 cm³/mol. The molecule has 0 heterocycles. The van der Waals surface area contributed by atoms with Gasteiger partial charge in [0.15, 0.2) is 0 Å². The number of nitriles is 1. The fourth-order valence-electron chi connectivity index (χ4n) is 2.03.